The van der Waals surface area contributed by atoms with Crippen LogP contribution in [0.15, 0.2) is 36.5 Å². The summed E-state index contributed by atoms with van der Waals surface area (Å²) in [6, 6.07) is 7.63. The van der Waals surface area contributed by atoms with E-state index in [1.165, 1.54) is 11.1 Å². The minimum atomic E-state index is -1.13. The van der Waals surface area contributed by atoms with Crippen molar-refractivity contribution < 1.29 is 28.9 Å². The second-order valence-electron chi connectivity index (χ2n) is 9.09. The summed E-state index contributed by atoms with van der Waals surface area (Å²) in [5, 5.41) is 12.8. The minimum absolute atomic E-state index is 0.0255. The first-order valence-electron chi connectivity index (χ1n) is 11.7. The zero-order valence-corrected chi connectivity index (χ0v) is 19.5. The van der Waals surface area contributed by atoms with E-state index in [0.717, 1.165) is 25.7 Å². The quantitative estimate of drug-likeness (QED) is 0.645. The van der Waals surface area contributed by atoms with E-state index in [4.69, 9.17) is 14.2 Å². The molecule has 5 rings (SSSR count). The Kier molecular flexibility index (Phi) is 6.32. The number of hydrogen-bond donors (Lipinski definition) is 2. The Balaban J connectivity index is 1.27. The fourth-order valence-corrected chi connectivity index (χ4v) is 4.28. The van der Waals surface area contributed by atoms with Gasteiger partial charge < -0.3 is 29.5 Å². The van der Waals surface area contributed by atoms with E-state index < -0.39 is 17.6 Å². The Morgan fingerprint density at radius 3 is 2.80 bits per heavy atom. The first-order chi connectivity index (χ1) is 16.9. The molecule has 3 heterocycles. The van der Waals surface area contributed by atoms with Crippen LogP contribution in [-0.4, -0.2) is 66.5 Å². The average molecular weight is 478 g/mol. The number of nitrogens with one attached hydrogen (secondary N) is 1. The predicted octanol–water partition coefficient (Wildman–Crippen LogP) is 1.67. The predicted molar refractivity (Wildman–Crippen MR) is 126 cm³/mol. The first-order valence-corrected chi connectivity index (χ1v) is 11.7. The Bertz CT molecular complexity index is 1190. The number of nitrogens with zero attached hydrogens (tertiary/aromatic N) is 2. The number of amides is 2. The van der Waals surface area contributed by atoms with Gasteiger partial charge in [0.2, 0.25) is 0 Å². The van der Waals surface area contributed by atoms with E-state index in [2.05, 4.69) is 22.1 Å². The maximum absolute atomic E-state index is 13.1. The van der Waals surface area contributed by atoms with E-state index in [9.17, 15) is 14.7 Å². The molecule has 1 saturated carbocycles. The van der Waals surface area contributed by atoms with Gasteiger partial charge >= 0.3 is 0 Å². The van der Waals surface area contributed by atoms with E-state index in [0.29, 0.717) is 22.7 Å². The summed E-state index contributed by atoms with van der Waals surface area (Å²) < 4.78 is 16.8. The third-order valence-corrected chi connectivity index (χ3v) is 6.35. The van der Waals surface area contributed by atoms with Gasteiger partial charge in [-0.15, -0.1) is 0 Å². The van der Waals surface area contributed by atoms with E-state index in [-0.39, 0.29) is 37.5 Å². The van der Waals surface area contributed by atoms with Gasteiger partial charge in [-0.3, -0.25) is 14.6 Å². The molecule has 1 aromatic carbocycles. The van der Waals surface area contributed by atoms with Crippen LogP contribution in [0.1, 0.15) is 41.7 Å². The molecule has 2 amide bonds. The van der Waals surface area contributed by atoms with Gasteiger partial charge in [0.05, 0.1) is 25.0 Å². The molecule has 1 aromatic heterocycles. The maximum Gasteiger partial charge on any atom is 0.270 e. The highest BCUT2D eigenvalue weighted by Gasteiger charge is 2.34. The molecule has 1 saturated heterocycles. The summed E-state index contributed by atoms with van der Waals surface area (Å²) in [5.41, 5.74) is 0.195. The summed E-state index contributed by atoms with van der Waals surface area (Å²) in [5.74, 6) is 6.01. The summed E-state index contributed by atoms with van der Waals surface area (Å²) >= 11 is 0. The van der Waals surface area contributed by atoms with E-state index >= 15 is 0 Å². The van der Waals surface area contributed by atoms with E-state index in [1.807, 2.05) is 0 Å². The van der Waals surface area contributed by atoms with Crippen LogP contribution in [0.4, 0.5) is 5.69 Å². The highest BCUT2D eigenvalue weighted by Crippen LogP contribution is 2.32. The Labute approximate surface area is 203 Å². The van der Waals surface area contributed by atoms with E-state index in [1.54, 1.807) is 37.4 Å². The summed E-state index contributed by atoms with van der Waals surface area (Å²) in [7, 11) is 1.62. The van der Waals surface area contributed by atoms with Gasteiger partial charge in [0, 0.05) is 24.9 Å². The Morgan fingerprint density at radius 2 is 2.06 bits per heavy atom. The maximum atomic E-state index is 13.1. The lowest BCUT2D eigenvalue weighted by atomic mass is 10.0. The topological polar surface area (TPSA) is 110 Å². The fourth-order valence-electron chi connectivity index (χ4n) is 4.28. The Morgan fingerprint density at radius 1 is 1.26 bits per heavy atom. The van der Waals surface area contributed by atoms with Crippen molar-refractivity contribution in [3.05, 3.63) is 47.8 Å². The van der Waals surface area contributed by atoms with Crippen molar-refractivity contribution in [3.8, 4) is 23.3 Å². The molecule has 1 aliphatic carbocycles. The zero-order valence-electron chi connectivity index (χ0n) is 19.5. The number of aliphatic hydroxyl groups is 1. The lowest BCUT2D eigenvalue weighted by Gasteiger charge is -2.30. The smallest absolute Gasteiger partial charge is 0.270 e. The minimum Gasteiger partial charge on any atom is -0.490 e. The van der Waals surface area contributed by atoms with Crippen LogP contribution >= 0.6 is 0 Å². The number of fused-ring (bicyclic) bond motifs is 1. The van der Waals surface area contributed by atoms with Crippen molar-refractivity contribution in [2.45, 2.75) is 43.4 Å². The number of rotatable bonds is 4. The van der Waals surface area contributed by atoms with Crippen molar-refractivity contribution in [3.63, 3.8) is 0 Å². The molecule has 182 valence electrons. The van der Waals surface area contributed by atoms with Gasteiger partial charge in [0.15, 0.2) is 5.60 Å². The number of aromatic nitrogens is 1. The number of anilines is 1. The van der Waals surface area contributed by atoms with Crippen LogP contribution in [0.2, 0.25) is 0 Å². The van der Waals surface area contributed by atoms with Gasteiger partial charge in [0.1, 0.15) is 29.8 Å². The van der Waals surface area contributed by atoms with Gasteiger partial charge in [0.25, 0.3) is 11.8 Å². The first kappa shape index (κ1) is 23.1. The van der Waals surface area contributed by atoms with Crippen molar-refractivity contribution in [2.24, 2.45) is 0 Å². The SMILES string of the molecule is CN1C(=O)[C@H](NC(=O)c2cc(OC3CCCC3)ccn2)COc2ccc(C#CC3(O)COC3)cc21. The van der Waals surface area contributed by atoms with Gasteiger partial charge in [-0.1, -0.05) is 11.8 Å². The number of carbonyl (C=O) groups is 2. The summed E-state index contributed by atoms with van der Waals surface area (Å²) in [4.78, 5) is 31.6. The number of benzene rings is 1. The third kappa shape index (κ3) is 5.09. The largest absolute Gasteiger partial charge is 0.490 e. The molecule has 0 unspecified atom stereocenters. The lowest BCUT2D eigenvalue weighted by Crippen LogP contribution is -2.49. The zero-order chi connectivity index (χ0) is 24.4. The molecule has 1 atom stereocenters. The summed E-state index contributed by atoms with van der Waals surface area (Å²) in [6.07, 6.45) is 6.00. The van der Waals surface area contributed by atoms with Gasteiger partial charge in [-0.05, 0) is 49.9 Å². The van der Waals surface area contributed by atoms with Gasteiger partial charge in [-0.2, -0.15) is 0 Å². The van der Waals surface area contributed by atoms with Gasteiger partial charge in [-0.25, -0.2) is 0 Å². The molecule has 2 fully saturated rings. The van der Waals surface area contributed by atoms with Crippen molar-refractivity contribution in [1.82, 2.24) is 10.3 Å². The molecule has 9 nitrogen and oxygen atoms in total. The molecule has 0 radical (unpaired) electrons. The molecule has 2 N–H and O–H groups in total. The van der Waals surface area contributed by atoms with Crippen LogP contribution in [0.3, 0.4) is 0 Å². The molecule has 2 aliphatic heterocycles. The molecule has 0 bridgehead atoms. The molecular formula is C26H27N3O6. The van der Waals surface area contributed by atoms with Crippen molar-refractivity contribution in [2.75, 3.05) is 31.8 Å². The fraction of sp³-hybridized carbons (Fsp3) is 0.423. The summed E-state index contributed by atoms with van der Waals surface area (Å²) in [6.45, 7) is 0.332. The lowest BCUT2D eigenvalue weighted by molar-refractivity contribution is -0.140. The highest BCUT2D eigenvalue weighted by atomic mass is 16.5. The van der Waals surface area contributed by atoms with Crippen LogP contribution in [0, 0.1) is 11.8 Å². The second-order valence-corrected chi connectivity index (χ2v) is 9.09. The average Bonchev–Trinajstić information content (AvgIpc) is 3.32. The number of carbonyl (C=O) groups excluding carboxylic acids is 2. The van der Waals surface area contributed by atoms with Crippen molar-refractivity contribution >= 4 is 17.5 Å². The van der Waals surface area contributed by atoms with Crippen molar-refractivity contribution in [1.29, 1.82) is 0 Å². The Hall–Kier alpha value is -3.61. The number of pyridine rings is 1. The second kappa shape index (κ2) is 9.56. The molecular weight excluding hydrogens is 450 g/mol. The molecule has 35 heavy (non-hydrogen) atoms. The van der Waals surface area contributed by atoms with Crippen LogP contribution in [-0.2, 0) is 9.53 Å². The molecule has 9 heteroatoms. The highest BCUT2D eigenvalue weighted by molar-refractivity contribution is 6.03. The number of hydrogen-bond acceptors (Lipinski definition) is 7. The molecule has 3 aliphatic rings. The number of likely N-dealkylation sites (N-methyl/N-ethyl adjacent to an activating group) is 1. The molecule has 0 spiro atoms. The standard InChI is InChI=1S/C26H27N3O6/c1-29-22-12-17(8-10-26(32)15-33-16-26)6-7-23(22)34-14-21(25(29)31)28-24(30)20-13-19(9-11-27-20)35-18-4-2-3-5-18/h6-7,9,11-13,18,21,32H,2-5,14-16H2,1H3,(H,28,30)/t21-/m1/s1. The monoisotopic (exact) mass is 477 g/mol. The van der Waals surface area contributed by atoms with Crippen LogP contribution in [0.5, 0.6) is 11.5 Å². The number of ether oxygens (including phenoxy) is 3. The molecule has 2 aromatic rings. The normalized spacial score (nSPS) is 21.0. The third-order valence-electron chi connectivity index (χ3n) is 6.35. The van der Waals surface area contributed by atoms with Crippen LogP contribution in [0.25, 0.3) is 0 Å². The van der Waals surface area contributed by atoms with Crippen LogP contribution < -0.4 is 19.7 Å².